The summed E-state index contributed by atoms with van der Waals surface area (Å²) >= 11 is 0. The first kappa shape index (κ1) is 10.9. The quantitative estimate of drug-likeness (QED) is 0.742. The summed E-state index contributed by atoms with van der Waals surface area (Å²) in [6.45, 7) is 6.48. The van der Waals surface area contributed by atoms with Crippen molar-refractivity contribution < 1.29 is 14.6 Å². The van der Waals surface area contributed by atoms with Gasteiger partial charge in [-0.15, -0.1) is 0 Å². The van der Waals surface area contributed by atoms with Crippen LogP contribution in [0.25, 0.3) is 0 Å². The maximum Gasteiger partial charge on any atom is 0.334 e. The van der Waals surface area contributed by atoms with Crippen LogP contribution in [0.2, 0.25) is 0 Å². The molecule has 2 unspecified atom stereocenters. The van der Waals surface area contributed by atoms with Gasteiger partial charge in [0.15, 0.2) is 6.10 Å². The highest BCUT2D eigenvalue weighted by molar-refractivity contribution is 5.72. The van der Waals surface area contributed by atoms with Crippen LogP contribution in [0.15, 0.2) is 0 Å². The zero-order chi connectivity index (χ0) is 11.1. The van der Waals surface area contributed by atoms with Crippen LogP contribution in [0.1, 0.15) is 26.7 Å². The van der Waals surface area contributed by atoms with E-state index in [1.165, 1.54) is 12.8 Å². The maximum atomic E-state index is 10.8. The fourth-order valence-electron chi connectivity index (χ4n) is 2.63. The second-order valence-corrected chi connectivity index (χ2v) is 5.24. The maximum absolute atomic E-state index is 10.8. The van der Waals surface area contributed by atoms with Gasteiger partial charge in [-0.1, -0.05) is 13.8 Å². The van der Waals surface area contributed by atoms with Crippen molar-refractivity contribution in [2.24, 2.45) is 5.41 Å². The number of ether oxygens (including phenoxy) is 1. The summed E-state index contributed by atoms with van der Waals surface area (Å²) < 4.78 is 5.22. The molecule has 1 aliphatic heterocycles. The zero-order valence-electron chi connectivity index (χ0n) is 9.40. The molecule has 0 bridgehead atoms. The minimum atomic E-state index is -0.836. The number of hydrogen-bond acceptors (Lipinski definition) is 3. The Labute approximate surface area is 90.2 Å². The Morgan fingerprint density at radius 3 is 2.73 bits per heavy atom. The Bertz CT molecular complexity index is 265. The fraction of sp³-hybridized carbons (Fsp3) is 0.909. The molecule has 86 valence electrons. The van der Waals surface area contributed by atoms with E-state index in [4.69, 9.17) is 9.84 Å². The Morgan fingerprint density at radius 2 is 2.27 bits per heavy atom. The van der Waals surface area contributed by atoms with E-state index >= 15 is 0 Å². The molecule has 1 saturated carbocycles. The first-order chi connectivity index (χ1) is 7.00. The van der Waals surface area contributed by atoms with Gasteiger partial charge in [-0.3, -0.25) is 4.90 Å². The third-order valence-corrected chi connectivity index (χ3v) is 3.78. The highest BCUT2D eigenvalue weighted by atomic mass is 16.5. The van der Waals surface area contributed by atoms with Crippen molar-refractivity contribution in [2.75, 3.05) is 19.7 Å². The first-order valence-corrected chi connectivity index (χ1v) is 5.59. The summed E-state index contributed by atoms with van der Waals surface area (Å²) in [5.74, 6) is -0.836. The van der Waals surface area contributed by atoms with Gasteiger partial charge in [0.25, 0.3) is 0 Å². The minimum absolute atomic E-state index is 0.348. The van der Waals surface area contributed by atoms with E-state index in [1.807, 2.05) is 0 Å². The number of carbonyl (C=O) groups is 1. The zero-order valence-corrected chi connectivity index (χ0v) is 9.40. The molecule has 0 aromatic heterocycles. The number of aliphatic carboxylic acids is 1. The SMILES string of the molecule is CC1(C)CCC1N1CCOC(C(=O)O)C1. The second kappa shape index (κ2) is 3.76. The van der Waals surface area contributed by atoms with Crippen LogP contribution >= 0.6 is 0 Å². The van der Waals surface area contributed by atoms with Crippen molar-refractivity contribution in [2.45, 2.75) is 38.8 Å². The predicted molar refractivity (Wildman–Crippen MR) is 55.8 cm³/mol. The van der Waals surface area contributed by atoms with Crippen LogP contribution < -0.4 is 0 Å². The van der Waals surface area contributed by atoms with Crippen molar-refractivity contribution in [1.82, 2.24) is 4.90 Å². The van der Waals surface area contributed by atoms with E-state index in [-0.39, 0.29) is 0 Å². The average Bonchev–Trinajstić information content (AvgIpc) is 2.17. The Morgan fingerprint density at radius 1 is 1.53 bits per heavy atom. The van der Waals surface area contributed by atoms with Crippen molar-refractivity contribution in [3.63, 3.8) is 0 Å². The minimum Gasteiger partial charge on any atom is -0.479 e. The van der Waals surface area contributed by atoms with E-state index in [0.717, 1.165) is 6.54 Å². The summed E-state index contributed by atoms with van der Waals surface area (Å²) in [5, 5.41) is 8.91. The number of morpholine rings is 1. The third-order valence-electron chi connectivity index (χ3n) is 3.78. The van der Waals surface area contributed by atoms with Gasteiger partial charge in [0.05, 0.1) is 6.61 Å². The molecule has 4 nitrogen and oxygen atoms in total. The largest absolute Gasteiger partial charge is 0.479 e. The van der Waals surface area contributed by atoms with Gasteiger partial charge < -0.3 is 9.84 Å². The van der Waals surface area contributed by atoms with Crippen molar-refractivity contribution in [3.8, 4) is 0 Å². The van der Waals surface area contributed by atoms with E-state index in [2.05, 4.69) is 18.7 Å². The lowest BCUT2D eigenvalue weighted by Gasteiger charge is -2.52. The van der Waals surface area contributed by atoms with Gasteiger partial charge in [-0.2, -0.15) is 0 Å². The number of rotatable bonds is 2. The lowest BCUT2D eigenvalue weighted by Crippen LogP contribution is -2.58. The third kappa shape index (κ3) is 2.01. The molecule has 4 heteroatoms. The number of carboxylic acids is 1. The Balaban J connectivity index is 1.96. The number of hydrogen-bond donors (Lipinski definition) is 1. The molecular formula is C11H19NO3. The summed E-state index contributed by atoms with van der Waals surface area (Å²) in [5.41, 5.74) is 0.348. The average molecular weight is 213 g/mol. The van der Waals surface area contributed by atoms with Crippen LogP contribution in [-0.2, 0) is 9.53 Å². The molecule has 0 aromatic carbocycles. The van der Waals surface area contributed by atoms with Gasteiger partial charge in [0.2, 0.25) is 0 Å². The molecule has 0 spiro atoms. The predicted octanol–water partition coefficient (Wildman–Crippen LogP) is 0.960. The fourth-order valence-corrected chi connectivity index (χ4v) is 2.63. The van der Waals surface area contributed by atoms with Gasteiger partial charge in [0.1, 0.15) is 0 Å². The van der Waals surface area contributed by atoms with E-state index in [0.29, 0.717) is 24.6 Å². The van der Waals surface area contributed by atoms with E-state index in [1.54, 1.807) is 0 Å². The molecule has 1 saturated heterocycles. The molecule has 0 radical (unpaired) electrons. The molecule has 2 aliphatic rings. The van der Waals surface area contributed by atoms with Gasteiger partial charge in [-0.25, -0.2) is 4.79 Å². The van der Waals surface area contributed by atoms with Crippen LogP contribution in [-0.4, -0.2) is 47.8 Å². The van der Waals surface area contributed by atoms with Crippen molar-refractivity contribution in [3.05, 3.63) is 0 Å². The lowest BCUT2D eigenvalue weighted by molar-refractivity contribution is -0.161. The monoisotopic (exact) mass is 213 g/mol. The van der Waals surface area contributed by atoms with Crippen LogP contribution in [0, 0.1) is 5.41 Å². The Hall–Kier alpha value is -0.610. The summed E-state index contributed by atoms with van der Waals surface area (Å²) in [6, 6.07) is 0.545. The van der Waals surface area contributed by atoms with Gasteiger partial charge >= 0.3 is 5.97 Å². The molecule has 2 atom stereocenters. The van der Waals surface area contributed by atoms with E-state index in [9.17, 15) is 4.79 Å². The smallest absolute Gasteiger partial charge is 0.334 e. The summed E-state index contributed by atoms with van der Waals surface area (Å²) in [4.78, 5) is 13.1. The molecule has 2 rings (SSSR count). The molecule has 15 heavy (non-hydrogen) atoms. The highest BCUT2D eigenvalue weighted by Crippen LogP contribution is 2.43. The van der Waals surface area contributed by atoms with Gasteiger partial charge in [-0.05, 0) is 18.3 Å². The topological polar surface area (TPSA) is 49.8 Å². The Kier molecular flexibility index (Phi) is 2.73. The van der Waals surface area contributed by atoms with Gasteiger partial charge in [0, 0.05) is 19.1 Å². The molecule has 1 heterocycles. The molecule has 2 fully saturated rings. The van der Waals surface area contributed by atoms with Crippen molar-refractivity contribution in [1.29, 1.82) is 0 Å². The number of nitrogens with zero attached hydrogens (tertiary/aromatic N) is 1. The lowest BCUT2D eigenvalue weighted by atomic mass is 9.66. The molecular weight excluding hydrogens is 194 g/mol. The first-order valence-electron chi connectivity index (χ1n) is 5.59. The van der Waals surface area contributed by atoms with Crippen LogP contribution in [0.3, 0.4) is 0 Å². The summed E-state index contributed by atoms with van der Waals surface area (Å²) in [7, 11) is 0. The van der Waals surface area contributed by atoms with Crippen LogP contribution in [0.4, 0.5) is 0 Å². The van der Waals surface area contributed by atoms with Crippen LogP contribution in [0.5, 0.6) is 0 Å². The highest BCUT2D eigenvalue weighted by Gasteiger charge is 2.44. The summed E-state index contributed by atoms with van der Waals surface area (Å²) in [6.07, 6.45) is 1.81. The molecule has 0 amide bonds. The molecule has 0 aromatic rings. The number of carboxylic acid groups (broad SMARTS) is 1. The standard InChI is InChI=1S/C11H19NO3/c1-11(2)4-3-9(11)12-5-6-15-8(7-12)10(13)14/h8-9H,3-7H2,1-2H3,(H,13,14). The second-order valence-electron chi connectivity index (χ2n) is 5.24. The molecule has 1 aliphatic carbocycles. The normalized spacial score (nSPS) is 35.9. The van der Waals surface area contributed by atoms with E-state index < -0.39 is 12.1 Å². The molecule has 1 N–H and O–H groups in total. The van der Waals surface area contributed by atoms with Crippen molar-refractivity contribution >= 4 is 5.97 Å².